The molecule has 1 saturated carbocycles. The highest BCUT2D eigenvalue weighted by Crippen LogP contribution is 2.45. The van der Waals surface area contributed by atoms with E-state index < -0.39 is 12.6 Å². The van der Waals surface area contributed by atoms with Crippen LogP contribution >= 0.6 is 19.3 Å². The zero-order valence-electron chi connectivity index (χ0n) is 23.9. The summed E-state index contributed by atoms with van der Waals surface area (Å²) in [7, 11) is 1.38. The highest BCUT2D eigenvalue weighted by molar-refractivity contribution is 7.64. The molecule has 1 aromatic heterocycles. The van der Waals surface area contributed by atoms with Gasteiger partial charge >= 0.3 is 6.18 Å². The number of benzene rings is 2. The molecule has 2 aromatic carbocycles. The highest BCUT2D eigenvalue weighted by atomic mass is 32.1. The summed E-state index contributed by atoms with van der Waals surface area (Å²) in [6, 6.07) is 12.0. The van der Waals surface area contributed by atoms with Gasteiger partial charge < -0.3 is 20.1 Å². The van der Waals surface area contributed by atoms with Crippen molar-refractivity contribution in [2.24, 2.45) is 5.41 Å². The molecule has 1 aliphatic carbocycles. The third-order valence-corrected chi connectivity index (χ3v) is 10.9. The molecule has 0 bridgehead atoms. The Balaban J connectivity index is 1.34. The lowest BCUT2D eigenvalue weighted by molar-refractivity contribution is -0.126. The third-order valence-electron chi connectivity index (χ3n) is 8.43. The molecule has 2 heterocycles. The molecule has 2 N–H and O–H groups in total. The second-order valence-corrected chi connectivity index (χ2v) is 14.7. The minimum Gasteiger partial charge on any atom is -0.495 e. The average molecular weight is 603 g/mol. The van der Waals surface area contributed by atoms with Gasteiger partial charge in [-0.1, -0.05) is 38.0 Å². The maximum absolute atomic E-state index is 13.7. The molecule has 220 valence electrons. The van der Waals surface area contributed by atoms with Crippen LogP contribution in [0, 0.1) is 17.3 Å². The molecule has 9 heteroatoms. The van der Waals surface area contributed by atoms with Gasteiger partial charge in [0.1, 0.15) is 5.75 Å². The van der Waals surface area contributed by atoms with Gasteiger partial charge in [-0.15, -0.1) is 11.3 Å². The molecule has 0 atom stereocenters. The van der Waals surface area contributed by atoms with Crippen LogP contribution in [-0.2, 0) is 11.2 Å². The lowest BCUT2D eigenvalue weighted by atomic mass is 9.68. The van der Waals surface area contributed by atoms with Crippen molar-refractivity contribution >= 4 is 46.0 Å². The molecular formula is C32H38F3N2O2PS. The first kappa shape index (κ1) is 30.0. The molecule has 1 aliphatic heterocycles. The zero-order valence-corrected chi connectivity index (χ0v) is 25.6. The topological polar surface area (TPSA) is 42.5 Å². The van der Waals surface area contributed by atoms with Gasteiger partial charge in [0.05, 0.1) is 41.0 Å². The van der Waals surface area contributed by atoms with Gasteiger partial charge in [0.2, 0.25) is 0 Å². The highest BCUT2D eigenvalue weighted by Gasteiger charge is 2.37. The van der Waals surface area contributed by atoms with Gasteiger partial charge in [-0.3, -0.25) is 0 Å². The fraction of sp³-hybridized carbons (Fsp3) is 0.500. The van der Waals surface area contributed by atoms with Crippen molar-refractivity contribution in [3.05, 3.63) is 46.8 Å². The summed E-state index contributed by atoms with van der Waals surface area (Å²) in [6.07, 6.45) is 1.43. The van der Waals surface area contributed by atoms with Crippen LogP contribution in [0.5, 0.6) is 5.75 Å². The quantitative estimate of drug-likeness (QED) is 0.213. The predicted molar refractivity (Wildman–Crippen MR) is 167 cm³/mol. The predicted octanol–water partition coefficient (Wildman–Crippen LogP) is 8.00. The van der Waals surface area contributed by atoms with E-state index in [-0.39, 0.29) is 13.5 Å². The Kier molecular flexibility index (Phi) is 9.38. The molecule has 0 unspecified atom stereocenters. The number of anilines is 2. The molecule has 5 rings (SSSR count). The van der Waals surface area contributed by atoms with Gasteiger partial charge in [-0.2, -0.15) is 13.2 Å². The third kappa shape index (κ3) is 7.31. The normalized spacial score (nSPS) is 17.4. The van der Waals surface area contributed by atoms with E-state index >= 15 is 0 Å². The molecule has 1 saturated heterocycles. The standard InChI is InChI=1S/C32H38F3N2O2PS/c1-38-28-20-23(40(2)3)9-10-26(28)36-17-5-8-29-25(21-32(33,34)35)24-6-4-7-27(30(24)41-29)37-22-11-13-31(14-12-22)15-18-39-19-16-31/h4,6-7,9-10,20,22,36-37H,11-19,21H2,1-3H3. The van der Waals surface area contributed by atoms with Gasteiger partial charge in [-0.05, 0) is 91.7 Å². The summed E-state index contributed by atoms with van der Waals surface area (Å²) in [4.78, 5) is 0.475. The van der Waals surface area contributed by atoms with Crippen molar-refractivity contribution in [1.82, 2.24) is 0 Å². The van der Waals surface area contributed by atoms with Gasteiger partial charge in [0, 0.05) is 19.3 Å². The lowest BCUT2D eigenvalue weighted by Crippen LogP contribution is -2.37. The number of ether oxygens (including phenoxy) is 2. The molecule has 2 fully saturated rings. The fourth-order valence-corrected chi connectivity index (χ4v) is 7.95. The van der Waals surface area contributed by atoms with Crippen molar-refractivity contribution in [2.75, 3.05) is 50.8 Å². The summed E-state index contributed by atoms with van der Waals surface area (Å²) in [5.41, 5.74) is 2.39. The number of alkyl halides is 3. The number of hydrogen-bond acceptors (Lipinski definition) is 5. The van der Waals surface area contributed by atoms with Crippen LogP contribution in [0.4, 0.5) is 24.5 Å². The van der Waals surface area contributed by atoms with Crippen LogP contribution in [0.25, 0.3) is 10.1 Å². The van der Waals surface area contributed by atoms with Crippen LogP contribution in [0.3, 0.4) is 0 Å². The van der Waals surface area contributed by atoms with E-state index in [1.165, 1.54) is 29.5 Å². The van der Waals surface area contributed by atoms with Crippen molar-refractivity contribution in [3.8, 4) is 17.6 Å². The number of methoxy groups -OCH3 is 1. The summed E-state index contributed by atoms with van der Waals surface area (Å²) in [6.45, 7) is 6.37. The maximum Gasteiger partial charge on any atom is 0.393 e. The van der Waals surface area contributed by atoms with Gasteiger partial charge in [-0.25, -0.2) is 0 Å². The molecular weight excluding hydrogens is 564 g/mol. The van der Waals surface area contributed by atoms with Crippen LogP contribution in [0.15, 0.2) is 36.4 Å². The molecule has 2 aliphatic rings. The summed E-state index contributed by atoms with van der Waals surface area (Å²) < 4.78 is 53.0. The monoisotopic (exact) mass is 602 g/mol. The summed E-state index contributed by atoms with van der Waals surface area (Å²) in [5.74, 6) is 6.86. The van der Waals surface area contributed by atoms with Crippen LogP contribution in [0.1, 0.15) is 49.0 Å². The van der Waals surface area contributed by atoms with Gasteiger partial charge in [0.25, 0.3) is 0 Å². The van der Waals surface area contributed by atoms with Crippen molar-refractivity contribution in [1.29, 1.82) is 0 Å². The molecule has 4 nitrogen and oxygen atoms in total. The SMILES string of the molecule is COc1cc(P(C)C)ccc1NCC#Cc1sc2c(NC3CCC4(CCOCC4)CC3)cccc2c1CC(F)(F)F. The second kappa shape index (κ2) is 12.8. The zero-order chi connectivity index (χ0) is 29.0. The van der Waals surface area contributed by atoms with E-state index in [9.17, 15) is 13.2 Å². The van der Waals surface area contributed by atoms with Crippen LogP contribution in [0.2, 0.25) is 0 Å². The van der Waals surface area contributed by atoms with E-state index in [4.69, 9.17) is 9.47 Å². The molecule has 0 amide bonds. The second-order valence-electron chi connectivity index (χ2n) is 11.3. The number of nitrogens with one attached hydrogen (secondary N) is 2. The molecule has 1 spiro atoms. The lowest BCUT2D eigenvalue weighted by Gasteiger charge is -2.43. The first-order valence-corrected chi connectivity index (χ1v) is 17.3. The Labute approximate surface area is 246 Å². The maximum atomic E-state index is 13.7. The van der Waals surface area contributed by atoms with E-state index in [1.54, 1.807) is 13.2 Å². The van der Waals surface area contributed by atoms with Crippen molar-refractivity contribution < 1.29 is 22.6 Å². The smallest absolute Gasteiger partial charge is 0.393 e. The Morgan fingerprint density at radius 3 is 2.51 bits per heavy atom. The average Bonchev–Trinajstić information content (AvgIpc) is 3.29. The van der Waals surface area contributed by atoms with Crippen LogP contribution in [-0.4, -0.2) is 52.4 Å². The number of hydrogen-bond donors (Lipinski definition) is 2. The van der Waals surface area contributed by atoms with E-state index in [1.807, 2.05) is 24.3 Å². The van der Waals surface area contributed by atoms with E-state index in [0.717, 1.165) is 60.7 Å². The first-order valence-electron chi connectivity index (χ1n) is 14.2. The summed E-state index contributed by atoms with van der Waals surface area (Å²) >= 11 is 1.36. The molecule has 3 aromatic rings. The Morgan fingerprint density at radius 2 is 1.83 bits per heavy atom. The number of halogens is 3. The summed E-state index contributed by atoms with van der Waals surface area (Å²) in [5, 5.41) is 8.82. The van der Waals surface area contributed by atoms with E-state index in [2.05, 4.69) is 41.9 Å². The fourth-order valence-electron chi connectivity index (χ4n) is 6.03. The Hall–Kier alpha value is -2.46. The minimum atomic E-state index is -4.32. The van der Waals surface area contributed by atoms with Crippen LogP contribution < -0.4 is 20.7 Å². The molecule has 41 heavy (non-hydrogen) atoms. The van der Waals surface area contributed by atoms with Crippen molar-refractivity contribution in [2.45, 2.75) is 57.2 Å². The van der Waals surface area contributed by atoms with E-state index in [0.29, 0.717) is 28.3 Å². The number of fused-ring (bicyclic) bond motifs is 1. The van der Waals surface area contributed by atoms with Gasteiger partial charge in [0.15, 0.2) is 0 Å². The largest absolute Gasteiger partial charge is 0.495 e. The van der Waals surface area contributed by atoms with Crippen molar-refractivity contribution in [3.63, 3.8) is 0 Å². The Bertz CT molecular complexity index is 1410. The Morgan fingerprint density at radius 1 is 1.07 bits per heavy atom. The number of rotatable bonds is 7. The molecule has 0 radical (unpaired) electrons. The number of thiophene rings is 1. The minimum absolute atomic E-state index is 0.251. The first-order chi connectivity index (χ1) is 19.7.